The molecule has 0 saturated carbocycles. The lowest BCUT2D eigenvalue weighted by Crippen LogP contribution is -2.30. The molecule has 15 heavy (non-hydrogen) atoms. The number of nitrogens with two attached hydrogens (primary N) is 1. The van der Waals surface area contributed by atoms with Crippen LogP contribution in [-0.2, 0) is 7.05 Å². The molecule has 5 heteroatoms. The van der Waals surface area contributed by atoms with Crippen LogP contribution >= 0.6 is 0 Å². The van der Waals surface area contributed by atoms with Gasteiger partial charge in [-0.05, 0) is 19.3 Å². The number of aromatic nitrogens is 2. The maximum atomic E-state index is 9.03. The molecule has 0 amide bonds. The molecule has 0 spiro atoms. The summed E-state index contributed by atoms with van der Waals surface area (Å²) in [4.78, 5) is 2.15. The van der Waals surface area contributed by atoms with Gasteiger partial charge in [-0.25, -0.2) is 4.68 Å². The number of piperidine rings is 1. The lowest BCUT2D eigenvalue weighted by atomic mass is 10.1. The van der Waals surface area contributed by atoms with Gasteiger partial charge in [0.15, 0.2) is 5.82 Å². The van der Waals surface area contributed by atoms with E-state index in [0.717, 1.165) is 18.9 Å². The van der Waals surface area contributed by atoms with Crippen LogP contribution in [0.5, 0.6) is 0 Å². The second-order valence-corrected chi connectivity index (χ2v) is 3.87. The van der Waals surface area contributed by atoms with Gasteiger partial charge in [-0.1, -0.05) is 0 Å². The zero-order valence-corrected chi connectivity index (χ0v) is 8.90. The summed E-state index contributed by atoms with van der Waals surface area (Å²) in [5.74, 6) is 1.20. The van der Waals surface area contributed by atoms with Crippen LogP contribution in [0.25, 0.3) is 0 Å². The largest absolute Gasteiger partial charge is 0.383 e. The molecule has 1 aliphatic heterocycles. The van der Waals surface area contributed by atoms with Crippen molar-refractivity contribution < 1.29 is 0 Å². The van der Waals surface area contributed by atoms with Crippen molar-refractivity contribution in [2.75, 3.05) is 23.7 Å². The lowest BCUT2D eigenvalue weighted by Gasteiger charge is -2.26. The Kier molecular flexibility index (Phi) is 2.50. The van der Waals surface area contributed by atoms with E-state index in [2.05, 4.69) is 16.1 Å². The standard InChI is InChI=1S/C10H15N5/c1-14-9(12)8(7-11)10(13-14)15-5-3-2-4-6-15/h2-6,12H2,1H3. The van der Waals surface area contributed by atoms with Gasteiger partial charge in [-0.15, -0.1) is 0 Å². The van der Waals surface area contributed by atoms with E-state index >= 15 is 0 Å². The van der Waals surface area contributed by atoms with Crippen LogP contribution < -0.4 is 10.6 Å². The monoisotopic (exact) mass is 205 g/mol. The molecule has 5 nitrogen and oxygen atoms in total. The van der Waals surface area contributed by atoms with Crippen molar-refractivity contribution in [1.29, 1.82) is 5.26 Å². The summed E-state index contributed by atoms with van der Waals surface area (Å²) in [7, 11) is 1.77. The summed E-state index contributed by atoms with van der Waals surface area (Å²) >= 11 is 0. The van der Waals surface area contributed by atoms with Gasteiger partial charge in [0.05, 0.1) is 0 Å². The van der Waals surface area contributed by atoms with E-state index in [1.54, 1.807) is 11.7 Å². The summed E-state index contributed by atoms with van der Waals surface area (Å²) in [5.41, 5.74) is 6.29. The smallest absolute Gasteiger partial charge is 0.170 e. The number of rotatable bonds is 1. The van der Waals surface area contributed by atoms with E-state index in [1.165, 1.54) is 19.3 Å². The first kappa shape index (κ1) is 9.84. The fourth-order valence-electron chi connectivity index (χ4n) is 1.96. The predicted octanol–water partition coefficient (Wildman–Crippen LogP) is 0.864. The molecule has 1 fully saturated rings. The molecular weight excluding hydrogens is 190 g/mol. The van der Waals surface area contributed by atoms with Gasteiger partial charge in [-0.2, -0.15) is 10.4 Å². The molecule has 0 aliphatic carbocycles. The van der Waals surface area contributed by atoms with E-state index < -0.39 is 0 Å². The molecule has 0 radical (unpaired) electrons. The third-order valence-electron chi connectivity index (χ3n) is 2.84. The summed E-state index contributed by atoms with van der Waals surface area (Å²) in [6.07, 6.45) is 3.60. The highest BCUT2D eigenvalue weighted by molar-refractivity contribution is 5.64. The highest BCUT2D eigenvalue weighted by Crippen LogP contribution is 2.25. The maximum absolute atomic E-state index is 9.03. The SMILES string of the molecule is Cn1nc(N2CCCCC2)c(C#N)c1N. The van der Waals surface area contributed by atoms with Gasteiger partial charge in [0.2, 0.25) is 0 Å². The molecule has 80 valence electrons. The maximum Gasteiger partial charge on any atom is 0.170 e. The Morgan fingerprint density at radius 1 is 1.33 bits per heavy atom. The molecule has 0 aromatic carbocycles. The second-order valence-electron chi connectivity index (χ2n) is 3.87. The van der Waals surface area contributed by atoms with E-state index in [-0.39, 0.29) is 0 Å². The van der Waals surface area contributed by atoms with Crippen LogP contribution in [-0.4, -0.2) is 22.9 Å². The molecule has 2 heterocycles. The molecule has 0 unspecified atom stereocenters. The third-order valence-corrected chi connectivity index (χ3v) is 2.84. The van der Waals surface area contributed by atoms with Gasteiger partial charge in [0.25, 0.3) is 0 Å². The predicted molar refractivity (Wildman–Crippen MR) is 58.4 cm³/mol. The highest BCUT2D eigenvalue weighted by atomic mass is 15.4. The summed E-state index contributed by atoms with van der Waals surface area (Å²) in [6, 6.07) is 2.13. The van der Waals surface area contributed by atoms with E-state index in [1.807, 2.05) is 0 Å². The Morgan fingerprint density at radius 3 is 2.60 bits per heavy atom. The Labute approximate surface area is 89.1 Å². The molecule has 1 aromatic heterocycles. The molecule has 1 aliphatic rings. The summed E-state index contributed by atoms with van der Waals surface area (Å²) < 4.78 is 1.57. The van der Waals surface area contributed by atoms with Crippen molar-refractivity contribution in [3.05, 3.63) is 5.56 Å². The minimum absolute atomic E-state index is 0.457. The number of hydrogen-bond acceptors (Lipinski definition) is 4. The first-order valence-electron chi connectivity index (χ1n) is 5.21. The van der Waals surface area contributed by atoms with Gasteiger partial charge >= 0.3 is 0 Å². The van der Waals surface area contributed by atoms with Crippen LogP contribution in [0, 0.1) is 11.3 Å². The minimum Gasteiger partial charge on any atom is -0.383 e. The minimum atomic E-state index is 0.457. The number of anilines is 2. The van der Waals surface area contributed by atoms with Gasteiger partial charge < -0.3 is 10.6 Å². The van der Waals surface area contributed by atoms with Crippen molar-refractivity contribution in [2.24, 2.45) is 7.05 Å². The van der Waals surface area contributed by atoms with Crippen LogP contribution in [0.1, 0.15) is 24.8 Å². The Balaban J connectivity index is 2.35. The average molecular weight is 205 g/mol. The van der Waals surface area contributed by atoms with E-state index in [0.29, 0.717) is 11.4 Å². The van der Waals surface area contributed by atoms with E-state index in [4.69, 9.17) is 11.0 Å². The third kappa shape index (κ3) is 1.63. The zero-order chi connectivity index (χ0) is 10.8. The zero-order valence-electron chi connectivity index (χ0n) is 8.90. The molecule has 0 bridgehead atoms. The fraction of sp³-hybridized carbons (Fsp3) is 0.600. The normalized spacial score (nSPS) is 16.4. The van der Waals surface area contributed by atoms with Crippen LogP contribution in [0.15, 0.2) is 0 Å². The Bertz CT molecular complexity index is 395. The quantitative estimate of drug-likeness (QED) is 0.738. The van der Waals surface area contributed by atoms with Crippen molar-refractivity contribution in [1.82, 2.24) is 9.78 Å². The first-order valence-corrected chi connectivity index (χ1v) is 5.21. The van der Waals surface area contributed by atoms with Crippen molar-refractivity contribution in [2.45, 2.75) is 19.3 Å². The molecule has 1 aromatic rings. The number of nitrogen functional groups attached to an aromatic ring is 1. The van der Waals surface area contributed by atoms with Crippen LogP contribution in [0.4, 0.5) is 11.6 Å². The molecule has 2 rings (SSSR count). The van der Waals surface area contributed by atoms with Crippen LogP contribution in [0.2, 0.25) is 0 Å². The number of aryl methyl sites for hydroxylation is 1. The number of nitrogens with zero attached hydrogens (tertiary/aromatic N) is 4. The van der Waals surface area contributed by atoms with Gasteiger partial charge in [0, 0.05) is 20.1 Å². The number of hydrogen-bond donors (Lipinski definition) is 1. The van der Waals surface area contributed by atoms with Gasteiger partial charge in [-0.3, -0.25) is 0 Å². The summed E-state index contributed by atoms with van der Waals surface area (Å²) in [5, 5.41) is 13.3. The Hall–Kier alpha value is -1.70. The summed E-state index contributed by atoms with van der Waals surface area (Å²) in [6.45, 7) is 1.95. The second kappa shape index (κ2) is 3.81. The van der Waals surface area contributed by atoms with Crippen molar-refractivity contribution >= 4 is 11.6 Å². The molecular formula is C10H15N5. The fourth-order valence-corrected chi connectivity index (χ4v) is 1.96. The molecule has 0 atom stereocenters. The first-order chi connectivity index (χ1) is 7.24. The number of nitriles is 1. The van der Waals surface area contributed by atoms with Gasteiger partial charge in [0.1, 0.15) is 17.5 Å². The van der Waals surface area contributed by atoms with Crippen LogP contribution in [0.3, 0.4) is 0 Å². The molecule has 1 saturated heterocycles. The van der Waals surface area contributed by atoms with E-state index in [9.17, 15) is 0 Å². The average Bonchev–Trinajstić information content (AvgIpc) is 2.56. The topological polar surface area (TPSA) is 70.9 Å². The Morgan fingerprint density at radius 2 is 2.00 bits per heavy atom. The lowest BCUT2D eigenvalue weighted by molar-refractivity contribution is 0.569. The van der Waals surface area contributed by atoms with Crippen molar-refractivity contribution in [3.8, 4) is 6.07 Å². The highest BCUT2D eigenvalue weighted by Gasteiger charge is 2.20. The molecule has 2 N–H and O–H groups in total. The van der Waals surface area contributed by atoms with Crippen molar-refractivity contribution in [3.63, 3.8) is 0 Å².